The molecule has 0 bridgehead atoms. The van der Waals surface area contributed by atoms with E-state index >= 15 is 0 Å². The van der Waals surface area contributed by atoms with Gasteiger partial charge in [-0.3, -0.25) is 19.3 Å². The maximum absolute atomic E-state index is 12.7. The van der Waals surface area contributed by atoms with E-state index in [9.17, 15) is 24.3 Å². The van der Waals surface area contributed by atoms with Gasteiger partial charge in [-0.15, -0.1) is 0 Å². The largest absolute Gasteiger partial charge is 0.480 e. The second kappa shape index (κ2) is 6.45. The molecule has 8 nitrogen and oxygen atoms in total. The summed E-state index contributed by atoms with van der Waals surface area (Å²) in [6.45, 7) is 0.833. The highest BCUT2D eigenvalue weighted by molar-refractivity contribution is 6.22. The summed E-state index contributed by atoms with van der Waals surface area (Å²) in [6.07, 6.45) is 3.06. The SMILES string of the molecule is O=C(NC1(C(=O)O)CCC1)c1ccc2c(c1)C(=O)N(CC1CCCO1)C2=O. The van der Waals surface area contributed by atoms with E-state index in [1.807, 2.05) is 0 Å². The fourth-order valence-corrected chi connectivity index (χ4v) is 3.80. The molecule has 0 spiro atoms. The first-order valence-corrected chi connectivity index (χ1v) is 9.09. The molecule has 27 heavy (non-hydrogen) atoms. The van der Waals surface area contributed by atoms with Crippen LogP contribution < -0.4 is 5.32 Å². The smallest absolute Gasteiger partial charge is 0.329 e. The number of carbonyl (C=O) groups is 4. The summed E-state index contributed by atoms with van der Waals surface area (Å²) in [5.41, 5.74) is -0.641. The van der Waals surface area contributed by atoms with Crippen LogP contribution >= 0.6 is 0 Å². The molecule has 1 aliphatic carbocycles. The van der Waals surface area contributed by atoms with Crippen LogP contribution in [0.4, 0.5) is 0 Å². The maximum atomic E-state index is 12.7. The van der Waals surface area contributed by atoms with Crippen LogP contribution in [0.15, 0.2) is 18.2 Å². The Hall–Kier alpha value is -2.74. The van der Waals surface area contributed by atoms with E-state index in [1.165, 1.54) is 18.2 Å². The molecule has 3 aliphatic rings. The Kier molecular flexibility index (Phi) is 4.22. The number of rotatable bonds is 5. The van der Waals surface area contributed by atoms with Crippen LogP contribution in [0.25, 0.3) is 0 Å². The van der Waals surface area contributed by atoms with Crippen molar-refractivity contribution in [2.24, 2.45) is 0 Å². The molecular formula is C19H20N2O6. The number of carboxylic acids is 1. The van der Waals surface area contributed by atoms with Crippen molar-refractivity contribution in [3.05, 3.63) is 34.9 Å². The Balaban J connectivity index is 1.53. The molecule has 8 heteroatoms. The average molecular weight is 372 g/mol. The fourth-order valence-electron chi connectivity index (χ4n) is 3.80. The molecule has 0 aromatic heterocycles. The van der Waals surface area contributed by atoms with Gasteiger partial charge in [-0.05, 0) is 50.3 Å². The minimum absolute atomic E-state index is 0.149. The molecule has 2 heterocycles. The minimum atomic E-state index is -1.23. The Bertz CT molecular complexity index is 839. The molecule has 1 aromatic carbocycles. The van der Waals surface area contributed by atoms with Crippen LogP contribution in [0.1, 0.15) is 63.2 Å². The molecule has 2 N–H and O–H groups in total. The van der Waals surface area contributed by atoms with Crippen molar-refractivity contribution >= 4 is 23.7 Å². The molecule has 2 aliphatic heterocycles. The Morgan fingerprint density at radius 3 is 2.52 bits per heavy atom. The quantitative estimate of drug-likeness (QED) is 0.751. The monoisotopic (exact) mass is 372 g/mol. The summed E-state index contributed by atoms with van der Waals surface area (Å²) >= 11 is 0. The lowest BCUT2D eigenvalue weighted by Crippen LogP contribution is -2.59. The Morgan fingerprint density at radius 1 is 1.19 bits per heavy atom. The Morgan fingerprint density at radius 2 is 1.93 bits per heavy atom. The molecule has 142 valence electrons. The van der Waals surface area contributed by atoms with Gasteiger partial charge >= 0.3 is 5.97 Å². The van der Waals surface area contributed by atoms with Crippen LogP contribution in [-0.2, 0) is 9.53 Å². The van der Waals surface area contributed by atoms with Gasteiger partial charge < -0.3 is 15.2 Å². The summed E-state index contributed by atoms with van der Waals surface area (Å²) in [6, 6.07) is 4.27. The van der Waals surface area contributed by atoms with Crippen LogP contribution in [0.3, 0.4) is 0 Å². The normalized spacial score (nSPS) is 23.1. The van der Waals surface area contributed by atoms with Crippen molar-refractivity contribution in [2.75, 3.05) is 13.2 Å². The lowest BCUT2D eigenvalue weighted by molar-refractivity contribution is -0.148. The number of nitrogens with one attached hydrogen (secondary N) is 1. The highest BCUT2D eigenvalue weighted by Gasteiger charge is 2.46. The van der Waals surface area contributed by atoms with Crippen molar-refractivity contribution < 1.29 is 29.0 Å². The fraction of sp³-hybridized carbons (Fsp3) is 0.474. The maximum Gasteiger partial charge on any atom is 0.329 e. The van der Waals surface area contributed by atoms with E-state index < -0.39 is 29.2 Å². The molecule has 1 saturated carbocycles. The van der Waals surface area contributed by atoms with Gasteiger partial charge in [0.2, 0.25) is 0 Å². The van der Waals surface area contributed by atoms with Gasteiger partial charge in [0.1, 0.15) is 5.54 Å². The summed E-state index contributed by atoms with van der Waals surface area (Å²) in [5.74, 6) is -2.45. The highest BCUT2D eigenvalue weighted by Crippen LogP contribution is 2.33. The van der Waals surface area contributed by atoms with Crippen molar-refractivity contribution in [3.63, 3.8) is 0 Å². The number of aliphatic carboxylic acids is 1. The number of ether oxygens (including phenoxy) is 1. The number of benzene rings is 1. The number of carbonyl (C=O) groups excluding carboxylic acids is 3. The van der Waals surface area contributed by atoms with Gasteiger partial charge in [-0.2, -0.15) is 0 Å². The lowest BCUT2D eigenvalue weighted by Gasteiger charge is -2.38. The van der Waals surface area contributed by atoms with Gasteiger partial charge in [-0.1, -0.05) is 0 Å². The summed E-state index contributed by atoms with van der Waals surface area (Å²) in [5, 5.41) is 11.9. The third-order valence-corrected chi connectivity index (χ3v) is 5.61. The topological polar surface area (TPSA) is 113 Å². The van der Waals surface area contributed by atoms with E-state index in [2.05, 4.69) is 5.32 Å². The number of hydrogen-bond acceptors (Lipinski definition) is 5. The first kappa shape index (κ1) is 17.7. The second-order valence-corrected chi connectivity index (χ2v) is 7.31. The number of fused-ring (bicyclic) bond motifs is 1. The predicted octanol–water partition coefficient (Wildman–Crippen LogP) is 1.20. The number of imide groups is 1. The number of amides is 3. The van der Waals surface area contributed by atoms with Crippen molar-refractivity contribution in [1.29, 1.82) is 0 Å². The van der Waals surface area contributed by atoms with E-state index in [0.717, 1.165) is 24.2 Å². The van der Waals surface area contributed by atoms with Gasteiger partial charge in [0.05, 0.1) is 23.8 Å². The predicted molar refractivity (Wildman–Crippen MR) is 92.5 cm³/mol. The van der Waals surface area contributed by atoms with E-state index in [1.54, 1.807) is 0 Å². The summed E-state index contributed by atoms with van der Waals surface area (Å²) in [4.78, 5) is 50.3. The van der Waals surface area contributed by atoms with Gasteiger partial charge in [0, 0.05) is 12.2 Å². The lowest BCUT2D eigenvalue weighted by atomic mass is 9.76. The molecule has 4 rings (SSSR count). The van der Waals surface area contributed by atoms with Crippen LogP contribution in [0, 0.1) is 0 Å². The van der Waals surface area contributed by atoms with Crippen molar-refractivity contribution in [2.45, 2.75) is 43.7 Å². The highest BCUT2D eigenvalue weighted by atomic mass is 16.5. The minimum Gasteiger partial charge on any atom is -0.480 e. The third-order valence-electron chi connectivity index (χ3n) is 5.61. The number of hydrogen-bond donors (Lipinski definition) is 2. The zero-order valence-electron chi connectivity index (χ0n) is 14.7. The zero-order valence-corrected chi connectivity index (χ0v) is 14.7. The average Bonchev–Trinajstić information content (AvgIpc) is 3.20. The molecule has 1 unspecified atom stereocenters. The van der Waals surface area contributed by atoms with Crippen LogP contribution in [0.5, 0.6) is 0 Å². The molecular weight excluding hydrogens is 352 g/mol. The molecule has 2 fully saturated rings. The summed E-state index contributed by atoms with van der Waals surface area (Å²) in [7, 11) is 0. The third kappa shape index (κ3) is 2.90. The first-order valence-electron chi connectivity index (χ1n) is 9.09. The van der Waals surface area contributed by atoms with Crippen LogP contribution in [-0.4, -0.2) is 58.5 Å². The van der Waals surface area contributed by atoms with E-state index in [4.69, 9.17) is 4.74 Å². The summed E-state index contributed by atoms with van der Waals surface area (Å²) < 4.78 is 5.50. The first-order chi connectivity index (χ1) is 12.9. The van der Waals surface area contributed by atoms with Crippen molar-refractivity contribution in [3.8, 4) is 0 Å². The van der Waals surface area contributed by atoms with Gasteiger partial charge in [0.25, 0.3) is 17.7 Å². The van der Waals surface area contributed by atoms with Gasteiger partial charge in [0.15, 0.2) is 0 Å². The second-order valence-electron chi connectivity index (χ2n) is 7.31. The standard InChI is InChI=1S/C19H20N2O6/c22-15(20-19(18(25)26)6-2-7-19)11-4-5-13-14(9-11)17(24)21(16(13)23)10-12-3-1-8-27-12/h4-5,9,12H,1-3,6-8,10H2,(H,20,22)(H,25,26). The molecule has 1 atom stereocenters. The molecule has 0 radical (unpaired) electrons. The van der Waals surface area contributed by atoms with E-state index in [0.29, 0.717) is 19.4 Å². The molecule has 1 aromatic rings. The number of nitrogens with zero attached hydrogens (tertiary/aromatic N) is 1. The molecule has 3 amide bonds. The van der Waals surface area contributed by atoms with Crippen molar-refractivity contribution in [1.82, 2.24) is 10.2 Å². The zero-order chi connectivity index (χ0) is 19.2. The van der Waals surface area contributed by atoms with Gasteiger partial charge in [-0.25, -0.2) is 4.79 Å². The number of carboxylic acid groups (broad SMARTS) is 1. The molecule has 1 saturated heterocycles. The van der Waals surface area contributed by atoms with E-state index in [-0.39, 0.29) is 29.3 Å². The Labute approximate surface area is 155 Å². The van der Waals surface area contributed by atoms with Crippen LogP contribution in [0.2, 0.25) is 0 Å².